The normalized spacial score (nSPS) is 10.0. The molecule has 0 fully saturated rings. The number of carbonyl (C=O) groups is 2. The number of aliphatic carboxylic acids is 2. The summed E-state index contributed by atoms with van der Waals surface area (Å²) < 4.78 is 4.13. The maximum Gasteiger partial charge on any atom is 0.300 e. The molecule has 168 valence electrons. The number of carboxylic acid groups (broad SMARTS) is 2. The van der Waals surface area contributed by atoms with Gasteiger partial charge in [0.1, 0.15) is 5.82 Å². The minimum Gasteiger partial charge on any atom is -0.481 e. The molecule has 0 saturated heterocycles. The Balaban J connectivity index is 0.000000395. The number of nitrogens with two attached hydrogens (primary N) is 1. The lowest BCUT2D eigenvalue weighted by Crippen LogP contribution is -2.02. The number of imidazole rings is 2. The van der Waals surface area contributed by atoms with Crippen LogP contribution in [0.4, 0.5) is 0 Å². The minimum absolute atomic E-state index is 0.665. The van der Waals surface area contributed by atoms with E-state index in [4.69, 9.17) is 25.5 Å². The second kappa shape index (κ2) is 11.4. The SMILES string of the molecule is CC(=O)O.CC(=O)O.Cn1cnc2ccc(-n3ccnc3-c3ccc(CCN)cc3)cc21. The van der Waals surface area contributed by atoms with Crippen molar-refractivity contribution in [3.63, 3.8) is 0 Å². The van der Waals surface area contributed by atoms with Gasteiger partial charge < -0.3 is 20.5 Å². The highest BCUT2D eigenvalue weighted by Gasteiger charge is 2.09. The van der Waals surface area contributed by atoms with E-state index >= 15 is 0 Å². The lowest BCUT2D eigenvalue weighted by Gasteiger charge is -2.09. The van der Waals surface area contributed by atoms with E-state index in [1.165, 1.54) is 5.56 Å². The van der Waals surface area contributed by atoms with Gasteiger partial charge in [0.15, 0.2) is 0 Å². The number of fused-ring (bicyclic) bond motifs is 1. The third kappa shape index (κ3) is 6.78. The Morgan fingerprint density at radius 3 is 2.22 bits per heavy atom. The Morgan fingerprint density at radius 1 is 1.00 bits per heavy atom. The van der Waals surface area contributed by atoms with Crippen LogP contribution in [0, 0.1) is 0 Å². The maximum atomic E-state index is 9.00. The average molecular weight is 438 g/mol. The highest BCUT2D eigenvalue weighted by atomic mass is 16.4. The number of carboxylic acids is 2. The molecular formula is C23H27N5O4. The molecule has 0 saturated carbocycles. The molecule has 0 aliphatic rings. The zero-order valence-electron chi connectivity index (χ0n) is 18.3. The van der Waals surface area contributed by atoms with Crippen LogP contribution < -0.4 is 5.73 Å². The van der Waals surface area contributed by atoms with Gasteiger partial charge in [0, 0.05) is 44.5 Å². The summed E-state index contributed by atoms with van der Waals surface area (Å²) in [4.78, 5) is 26.9. The molecule has 0 radical (unpaired) electrons. The molecular weight excluding hydrogens is 410 g/mol. The predicted octanol–water partition coefficient (Wildman–Crippen LogP) is 3.11. The van der Waals surface area contributed by atoms with Gasteiger partial charge in [-0.3, -0.25) is 14.2 Å². The number of rotatable bonds is 4. The Bertz CT molecular complexity index is 1160. The molecule has 0 bridgehead atoms. The second-order valence-electron chi connectivity index (χ2n) is 6.92. The fourth-order valence-corrected chi connectivity index (χ4v) is 2.98. The minimum atomic E-state index is -0.833. The van der Waals surface area contributed by atoms with Crippen molar-refractivity contribution in [1.82, 2.24) is 19.1 Å². The largest absolute Gasteiger partial charge is 0.481 e. The first kappa shape index (κ1) is 24.3. The van der Waals surface area contributed by atoms with E-state index in [1.54, 1.807) is 0 Å². The average Bonchev–Trinajstić information content (AvgIpc) is 3.35. The molecule has 0 spiro atoms. The van der Waals surface area contributed by atoms with Gasteiger partial charge in [0.25, 0.3) is 11.9 Å². The highest BCUT2D eigenvalue weighted by Crippen LogP contribution is 2.24. The van der Waals surface area contributed by atoms with Crippen LogP contribution in [-0.4, -0.2) is 47.8 Å². The standard InChI is InChI=1S/C19H19N5.2C2H4O2/c1-23-13-22-17-7-6-16(12-18(17)23)24-11-10-21-19(24)15-4-2-14(3-5-15)8-9-20;2*1-2(3)4/h2-7,10-13H,8-9,20H2,1H3;2*1H3,(H,3,4). The van der Waals surface area contributed by atoms with Gasteiger partial charge in [0.05, 0.1) is 17.4 Å². The van der Waals surface area contributed by atoms with E-state index in [-0.39, 0.29) is 0 Å². The van der Waals surface area contributed by atoms with E-state index < -0.39 is 11.9 Å². The van der Waals surface area contributed by atoms with Crippen LogP contribution in [0.1, 0.15) is 19.4 Å². The first-order valence-electron chi connectivity index (χ1n) is 9.86. The summed E-state index contributed by atoms with van der Waals surface area (Å²) in [5.41, 5.74) is 11.1. The summed E-state index contributed by atoms with van der Waals surface area (Å²) in [7, 11) is 2.00. The molecule has 2 aromatic carbocycles. The van der Waals surface area contributed by atoms with Gasteiger partial charge in [-0.1, -0.05) is 24.3 Å². The van der Waals surface area contributed by atoms with E-state index in [0.29, 0.717) is 6.54 Å². The summed E-state index contributed by atoms with van der Waals surface area (Å²) >= 11 is 0. The Hall–Kier alpha value is -3.98. The van der Waals surface area contributed by atoms with Crippen molar-refractivity contribution in [3.8, 4) is 17.1 Å². The van der Waals surface area contributed by atoms with E-state index in [0.717, 1.165) is 48.4 Å². The lowest BCUT2D eigenvalue weighted by molar-refractivity contribution is -0.135. The summed E-state index contributed by atoms with van der Waals surface area (Å²) in [5.74, 6) is -0.740. The number of nitrogens with zero attached hydrogens (tertiary/aromatic N) is 4. The van der Waals surface area contributed by atoms with Crippen molar-refractivity contribution in [2.24, 2.45) is 12.8 Å². The molecule has 9 heteroatoms. The predicted molar refractivity (Wildman–Crippen MR) is 123 cm³/mol. The molecule has 0 amide bonds. The molecule has 4 aromatic rings. The molecule has 9 nitrogen and oxygen atoms in total. The number of aryl methyl sites for hydroxylation is 1. The van der Waals surface area contributed by atoms with Gasteiger partial charge in [-0.25, -0.2) is 9.97 Å². The van der Waals surface area contributed by atoms with Crippen LogP contribution in [0.5, 0.6) is 0 Å². The van der Waals surface area contributed by atoms with E-state index in [9.17, 15) is 0 Å². The summed E-state index contributed by atoms with van der Waals surface area (Å²) in [6.45, 7) is 2.83. The van der Waals surface area contributed by atoms with Gasteiger partial charge >= 0.3 is 0 Å². The van der Waals surface area contributed by atoms with Crippen molar-refractivity contribution >= 4 is 23.0 Å². The lowest BCUT2D eigenvalue weighted by atomic mass is 10.1. The van der Waals surface area contributed by atoms with Crippen molar-refractivity contribution in [2.45, 2.75) is 20.3 Å². The van der Waals surface area contributed by atoms with Crippen molar-refractivity contribution in [2.75, 3.05) is 6.54 Å². The highest BCUT2D eigenvalue weighted by molar-refractivity contribution is 5.78. The van der Waals surface area contributed by atoms with Crippen LogP contribution in [0.3, 0.4) is 0 Å². The first-order valence-corrected chi connectivity index (χ1v) is 9.86. The van der Waals surface area contributed by atoms with Crippen LogP contribution in [0.2, 0.25) is 0 Å². The van der Waals surface area contributed by atoms with Crippen molar-refractivity contribution < 1.29 is 19.8 Å². The van der Waals surface area contributed by atoms with Gasteiger partial charge in [-0.2, -0.15) is 0 Å². The zero-order valence-corrected chi connectivity index (χ0v) is 18.3. The quantitative estimate of drug-likeness (QED) is 0.446. The van der Waals surface area contributed by atoms with Gasteiger partial charge in [-0.15, -0.1) is 0 Å². The van der Waals surface area contributed by atoms with Crippen LogP contribution in [0.15, 0.2) is 61.2 Å². The van der Waals surface area contributed by atoms with Crippen LogP contribution >= 0.6 is 0 Å². The fourth-order valence-electron chi connectivity index (χ4n) is 2.98. The summed E-state index contributed by atoms with van der Waals surface area (Å²) in [5, 5.41) is 14.8. The third-order valence-electron chi connectivity index (χ3n) is 4.27. The maximum absolute atomic E-state index is 9.00. The molecule has 0 atom stereocenters. The second-order valence-corrected chi connectivity index (χ2v) is 6.92. The molecule has 4 rings (SSSR count). The summed E-state index contributed by atoms with van der Waals surface area (Å²) in [6, 6.07) is 14.7. The first-order chi connectivity index (χ1) is 15.2. The molecule has 2 heterocycles. The molecule has 0 aliphatic heterocycles. The number of benzene rings is 2. The van der Waals surface area contributed by atoms with Crippen LogP contribution in [-0.2, 0) is 23.1 Å². The monoisotopic (exact) mass is 437 g/mol. The molecule has 2 aromatic heterocycles. The topological polar surface area (TPSA) is 136 Å². The van der Waals surface area contributed by atoms with Crippen LogP contribution in [0.25, 0.3) is 28.1 Å². The fraction of sp³-hybridized carbons (Fsp3) is 0.217. The molecule has 0 aliphatic carbocycles. The van der Waals surface area contributed by atoms with Crippen molar-refractivity contribution in [1.29, 1.82) is 0 Å². The Labute approximate surface area is 185 Å². The van der Waals surface area contributed by atoms with Gasteiger partial charge in [-0.05, 0) is 36.7 Å². The van der Waals surface area contributed by atoms with Gasteiger partial charge in [0.2, 0.25) is 0 Å². The van der Waals surface area contributed by atoms with E-state index in [1.807, 2.05) is 36.4 Å². The van der Waals surface area contributed by atoms with E-state index in [2.05, 4.69) is 50.9 Å². The van der Waals surface area contributed by atoms with Crippen molar-refractivity contribution in [3.05, 3.63) is 66.7 Å². The number of hydrogen-bond acceptors (Lipinski definition) is 5. The third-order valence-corrected chi connectivity index (χ3v) is 4.27. The zero-order chi connectivity index (χ0) is 23.7. The number of hydrogen-bond donors (Lipinski definition) is 3. The Morgan fingerprint density at radius 2 is 1.62 bits per heavy atom. The molecule has 0 unspecified atom stereocenters. The Kier molecular flexibility index (Phi) is 8.67. The number of aromatic nitrogens is 4. The summed E-state index contributed by atoms with van der Waals surface area (Å²) in [6.07, 6.45) is 6.54. The molecule has 32 heavy (non-hydrogen) atoms. The smallest absolute Gasteiger partial charge is 0.300 e. The molecule has 4 N–H and O–H groups in total.